The molecule has 0 bridgehead atoms. The average Bonchev–Trinajstić information content (AvgIpc) is 2.29. The summed E-state index contributed by atoms with van der Waals surface area (Å²) in [5, 5.41) is 9.24. The molecule has 0 spiro atoms. The average molecular weight is 206 g/mol. The molecule has 0 aromatic carbocycles. The van der Waals surface area contributed by atoms with Gasteiger partial charge in [0, 0.05) is 0 Å². The first-order chi connectivity index (χ1) is 5.81. The van der Waals surface area contributed by atoms with E-state index in [1.165, 1.54) is 0 Å². The van der Waals surface area contributed by atoms with Crippen LogP contribution in [0.25, 0.3) is 0 Å². The zero-order chi connectivity index (χ0) is 10.1. The SMILES string of the molecule is CC(C)(O)CS(=O)(=O)C1CCCC1. The molecular weight excluding hydrogens is 188 g/mol. The summed E-state index contributed by atoms with van der Waals surface area (Å²) in [6.45, 7) is 3.08. The molecule has 1 saturated carbocycles. The van der Waals surface area contributed by atoms with Gasteiger partial charge >= 0.3 is 0 Å². The van der Waals surface area contributed by atoms with Crippen molar-refractivity contribution in [3.63, 3.8) is 0 Å². The van der Waals surface area contributed by atoms with E-state index >= 15 is 0 Å². The molecule has 0 aromatic heterocycles. The van der Waals surface area contributed by atoms with E-state index in [2.05, 4.69) is 0 Å². The molecule has 1 aliphatic rings. The van der Waals surface area contributed by atoms with Gasteiger partial charge in [-0.1, -0.05) is 12.8 Å². The predicted octanol–water partition coefficient (Wildman–Crippen LogP) is 1.11. The normalized spacial score (nSPS) is 20.8. The van der Waals surface area contributed by atoms with Crippen LogP contribution in [0, 0.1) is 0 Å². The zero-order valence-electron chi connectivity index (χ0n) is 8.28. The van der Waals surface area contributed by atoms with Gasteiger partial charge in [0.05, 0.1) is 16.6 Å². The van der Waals surface area contributed by atoms with E-state index < -0.39 is 15.4 Å². The Bertz CT molecular complexity index is 255. The molecule has 4 heteroatoms. The van der Waals surface area contributed by atoms with Gasteiger partial charge in [0.25, 0.3) is 0 Å². The molecule has 1 fully saturated rings. The summed E-state index contributed by atoms with van der Waals surface area (Å²) in [5.41, 5.74) is -1.10. The zero-order valence-corrected chi connectivity index (χ0v) is 9.10. The van der Waals surface area contributed by atoms with Gasteiger partial charge in [-0.3, -0.25) is 0 Å². The number of sulfone groups is 1. The number of hydrogen-bond acceptors (Lipinski definition) is 3. The van der Waals surface area contributed by atoms with Gasteiger partial charge in [0.2, 0.25) is 0 Å². The lowest BCUT2D eigenvalue weighted by atomic mass is 10.2. The van der Waals surface area contributed by atoms with Crippen molar-refractivity contribution in [2.45, 2.75) is 50.4 Å². The van der Waals surface area contributed by atoms with Gasteiger partial charge in [0.15, 0.2) is 9.84 Å². The van der Waals surface area contributed by atoms with Crippen LogP contribution in [0.5, 0.6) is 0 Å². The molecule has 3 nitrogen and oxygen atoms in total. The maximum Gasteiger partial charge on any atom is 0.155 e. The number of hydrogen-bond donors (Lipinski definition) is 1. The minimum atomic E-state index is -3.07. The second-order valence-corrected chi connectivity index (χ2v) is 6.81. The quantitative estimate of drug-likeness (QED) is 0.752. The Kier molecular flexibility index (Phi) is 3.02. The second-order valence-electron chi connectivity index (χ2n) is 4.53. The van der Waals surface area contributed by atoms with E-state index in [0.717, 1.165) is 25.7 Å². The van der Waals surface area contributed by atoms with Gasteiger partial charge in [-0.05, 0) is 26.7 Å². The van der Waals surface area contributed by atoms with Crippen LogP contribution in [0.1, 0.15) is 39.5 Å². The smallest absolute Gasteiger partial charge is 0.155 e. The lowest BCUT2D eigenvalue weighted by molar-refractivity contribution is 0.105. The third kappa shape index (κ3) is 3.27. The van der Waals surface area contributed by atoms with Crippen molar-refractivity contribution in [2.24, 2.45) is 0 Å². The minimum absolute atomic E-state index is 0.106. The summed E-state index contributed by atoms with van der Waals surface area (Å²) in [5.74, 6) is -0.106. The molecule has 1 rings (SSSR count). The Balaban J connectivity index is 2.66. The van der Waals surface area contributed by atoms with E-state index in [1.54, 1.807) is 13.8 Å². The summed E-state index contributed by atoms with van der Waals surface area (Å²) in [7, 11) is -3.07. The molecule has 1 aliphatic carbocycles. The van der Waals surface area contributed by atoms with Crippen LogP contribution in [0.3, 0.4) is 0 Å². The monoisotopic (exact) mass is 206 g/mol. The van der Waals surface area contributed by atoms with Gasteiger partial charge in [-0.2, -0.15) is 0 Å². The van der Waals surface area contributed by atoms with Crippen molar-refractivity contribution in [2.75, 3.05) is 5.75 Å². The Morgan fingerprint density at radius 2 is 1.77 bits per heavy atom. The Morgan fingerprint density at radius 3 is 2.15 bits per heavy atom. The number of rotatable bonds is 3. The molecule has 0 atom stereocenters. The highest BCUT2D eigenvalue weighted by atomic mass is 32.2. The summed E-state index contributed by atoms with van der Waals surface area (Å²) in [6.07, 6.45) is 3.57. The van der Waals surface area contributed by atoms with Crippen LogP contribution >= 0.6 is 0 Å². The van der Waals surface area contributed by atoms with Gasteiger partial charge in [-0.15, -0.1) is 0 Å². The van der Waals surface area contributed by atoms with Crippen molar-refractivity contribution >= 4 is 9.84 Å². The van der Waals surface area contributed by atoms with Gasteiger partial charge < -0.3 is 5.11 Å². The lowest BCUT2D eigenvalue weighted by Gasteiger charge is -2.19. The summed E-state index contributed by atoms with van der Waals surface area (Å²) in [6, 6.07) is 0. The van der Waals surface area contributed by atoms with E-state index in [9.17, 15) is 13.5 Å². The molecule has 0 aliphatic heterocycles. The Labute approximate surface area is 80.1 Å². The summed E-state index contributed by atoms with van der Waals surface area (Å²) < 4.78 is 23.4. The van der Waals surface area contributed by atoms with Crippen molar-refractivity contribution in [3.05, 3.63) is 0 Å². The second kappa shape index (κ2) is 3.58. The molecule has 13 heavy (non-hydrogen) atoms. The minimum Gasteiger partial charge on any atom is -0.389 e. The highest BCUT2D eigenvalue weighted by Crippen LogP contribution is 2.26. The fraction of sp³-hybridized carbons (Fsp3) is 1.00. The fourth-order valence-electron chi connectivity index (χ4n) is 1.86. The third-order valence-electron chi connectivity index (χ3n) is 2.36. The maximum absolute atomic E-state index is 11.7. The van der Waals surface area contributed by atoms with Gasteiger partial charge in [-0.25, -0.2) is 8.42 Å². The standard InChI is InChI=1S/C9H18O3S/c1-9(2,10)7-13(11,12)8-5-3-4-6-8/h8,10H,3-7H2,1-2H3. The first-order valence-corrected chi connectivity index (χ1v) is 6.47. The number of aliphatic hydroxyl groups is 1. The predicted molar refractivity (Wildman–Crippen MR) is 52.3 cm³/mol. The van der Waals surface area contributed by atoms with Crippen molar-refractivity contribution in [1.29, 1.82) is 0 Å². The first kappa shape index (κ1) is 11.0. The van der Waals surface area contributed by atoms with Crippen LogP contribution in [0.4, 0.5) is 0 Å². The Hall–Kier alpha value is -0.0900. The maximum atomic E-state index is 11.7. The van der Waals surface area contributed by atoms with Crippen LogP contribution in [-0.4, -0.2) is 30.1 Å². The van der Waals surface area contributed by atoms with Crippen molar-refractivity contribution in [1.82, 2.24) is 0 Å². The van der Waals surface area contributed by atoms with E-state index in [0.29, 0.717) is 0 Å². The fourth-order valence-corrected chi connectivity index (χ4v) is 4.13. The highest BCUT2D eigenvalue weighted by Gasteiger charge is 2.32. The molecule has 1 N–H and O–H groups in total. The van der Waals surface area contributed by atoms with Crippen LogP contribution in [0.2, 0.25) is 0 Å². The molecule has 0 heterocycles. The van der Waals surface area contributed by atoms with Crippen LogP contribution in [0.15, 0.2) is 0 Å². The van der Waals surface area contributed by atoms with Crippen LogP contribution < -0.4 is 0 Å². The highest BCUT2D eigenvalue weighted by molar-refractivity contribution is 7.92. The Morgan fingerprint density at radius 1 is 1.31 bits per heavy atom. The topological polar surface area (TPSA) is 54.4 Å². The summed E-state index contributed by atoms with van der Waals surface area (Å²) >= 11 is 0. The van der Waals surface area contributed by atoms with Crippen LogP contribution in [-0.2, 0) is 9.84 Å². The molecular formula is C9H18O3S. The molecule has 0 unspecified atom stereocenters. The first-order valence-electron chi connectivity index (χ1n) is 4.75. The molecule has 0 saturated heterocycles. The lowest BCUT2D eigenvalue weighted by Crippen LogP contribution is -2.34. The molecule has 78 valence electrons. The van der Waals surface area contributed by atoms with E-state index in [-0.39, 0.29) is 11.0 Å². The van der Waals surface area contributed by atoms with E-state index in [1.807, 2.05) is 0 Å². The third-order valence-corrected chi connectivity index (χ3v) is 4.96. The van der Waals surface area contributed by atoms with Crippen molar-refractivity contribution in [3.8, 4) is 0 Å². The van der Waals surface area contributed by atoms with Crippen molar-refractivity contribution < 1.29 is 13.5 Å². The summed E-state index contributed by atoms with van der Waals surface area (Å²) in [4.78, 5) is 0. The molecule has 0 radical (unpaired) electrons. The molecule has 0 amide bonds. The van der Waals surface area contributed by atoms with E-state index in [4.69, 9.17) is 0 Å². The largest absolute Gasteiger partial charge is 0.389 e. The van der Waals surface area contributed by atoms with Gasteiger partial charge in [0.1, 0.15) is 0 Å². The molecule has 0 aromatic rings.